The summed E-state index contributed by atoms with van der Waals surface area (Å²) in [6.45, 7) is 1.91. The monoisotopic (exact) mass is 395 g/mol. The van der Waals surface area contributed by atoms with Crippen molar-refractivity contribution in [3.05, 3.63) is 102 Å². The molecule has 0 fully saturated rings. The van der Waals surface area contributed by atoms with Gasteiger partial charge in [-0.1, -0.05) is 78.4 Å². The van der Waals surface area contributed by atoms with Gasteiger partial charge in [0.2, 0.25) is 10.0 Å². The van der Waals surface area contributed by atoms with Crippen molar-refractivity contribution in [1.82, 2.24) is 4.72 Å². The number of hydrogen-bond donors (Lipinski definition) is 2. The summed E-state index contributed by atoms with van der Waals surface area (Å²) in [5.41, 5.74) is 2.83. The van der Waals surface area contributed by atoms with Crippen LogP contribution in [-0.2, 0) is 16.4 Å². The van der Waals surface area contributed by atoms with Crippen LogP contribution in [0.5, 0.6) is 0 Å². The molecule has 2 N–H and O–H groups in total. The first-order valence-electron chi connectivity index (χ1n) is 9.32. The maximum Gasteiger partial charge on any atom is 0.241 e. The summed E-state index contributed by atoms with van der Waals surface area (Å²) in [6, 6.07) is 25.0. The molecule has 0 heterocycles. The van der Waals surface area contributed by atoms with Gasteiger partial charge in [0.1, 0.15) is 0 Å². The van der Waals surface area contributed by atoms with Crippen molar-refractivity contribution < 1.29 is 13.5 Å². The van der Waals surface area contributed by atoms with Crippen LogP contribution < -0.4 is 4.72 Å². The molecule has 28 heavy (non-hydrogen) atoms. The van der Waals surface area contributed by atoms with E-state index in [-0.39, 0.29) is 4.90 Å². The van der Waals surface area contributed by atoms with E-state index in [1.54, 1.807) is 24.3 Å². The molecule has 0 bridgehead atoms. The molecule has 0 aliphatic heterocycles. The smallest absolute Gasteiger partial charge is 0.241 e. The molecule has 0 radical (unpaired) electrons. The van der Waals surface area contributed by atoms with Gasteiger partial charge in [-0.15, -0.1) is 0 Å². The van der Waals surface area contributed by atoms with Crippen LogP contribution in [0.25, 0.3) is 0 Å². The van der Waals surface area contributed by atoms with Crippen molar-refractivity contribution in [3.8, 4) is 0 Å². The van der Waals surface area contributed by atoms with E-state index in [1.165, 1.54) is 0 Å². The Labute approximate surface area is 166 Å². The van der Waals surface area contributed by atoms with E-state index in [4.69, 9.17) is 0 Å². The topological polar surface area (TPSA) is 66.4 Å². The van der Waals surface area contributed by atoms with Crippen molar-refractivity contribution in [2.75, 3.05) is 0 Å². The first-order valence-corrected chi connectivity index (χ1v) is 10.8. The minimum Gasteiger partial charge on any atom is -0.391 e. The van der Waals surface area contributed by atoms with E-state index in [2.05, 4.69) is 4.72 Å². The van der Waals surface area contributed by atoms with Crippen LogP contribution in [0.2, 0.25) is 0 Å². The fourth-order valence-electron chi connectivity index (χ4n) is 3.11. The second kappa shape index (κ2) is 9.15. The first kappa shape index (κ1) is 20.3. The molecular weight excluding hydrogens is 370 g/mol. The molecule has 3 aromatic rings. The first-order chi connectivity index (χ1) is 13.5. The van der Waals surface area contributed by atoms with Crippen LogP contribution in [0.1, 0.15) is 29.2 Å². The number of aliphatic hydroxyl groups is 1. The molecule has 0 amide bonds. The Kier molecular flexibility index (Phi) is 6.62. The number of hydrogen-bond acceptors (Lipinski definition) is 3. The summed E-state index contributed by atoms with van der Waals surface area (Å²) in [4.78, 5) is 0.189. The van der Waals surface area contributed by atoms with E-state index in [0.717, 1.165) is 16.7 Å². The molecule has 0 saturated heterocycles. The van der Waals surface area contributed by atoms with E-state index in [1.807, 2.05) is 67.6 Å². The lowest BCUT2D eigenvalue weighted by Crippen LogP contribution is -2.36. The Morgan fingerprint density at radius 3 is 2.04 bits per heavy atom. The number of sulfonamides is 1. The van der Waals surface area contributed by atoms with Gasteiger partial charge in [0, 0.05) is 0 Å². The molecule has 2 atom stereocenters. The predicted molar refractivity (Wildman–Crippen MR) is 111 cm³/mol. The summed E-state index contributed by atoms with van der Waals surface area (Å²) in [7, 11) is -3.76. The van der Waals surface area contributed by atoms with Crippen molar-refractivity contribution in [2.24, 2.45) is 0 Å². The third kappa shape index (κ3) is 5.29. The van der Waals surface area contributed by atoms with Crippen LogP contribution >= 0.6 is 0 Å². The molecule has 0 unspecified atom stereocenters. The summed E-state index contributed by atoms with van der Waals surface area (Å²) in [5.74, 6) is 0. The Hall–Kier alpha value is -2.47. The van der Waals surface area contributed by atoms with Crippen molar-refractivity contribution in [1.29, 1.82) is 0 Å². The van der Waals surface area contributed by atoms with Gasteiger partial charge >= 0.3 is 0 Å². The maximum atomic E-state index is 12.9. The van der Waals surface area contributed by atoms with Gasteiger partial charge in [-0.2, -0.15) is 0 Å². The second-order valence-electron chi connectivity index (χ2n) is 6.91. The Morgan fingerprint density at radius 2 is 1.43 bits per heavy atom. The van der Waals surface area contributed by atoms with Gasteiger partial charge in [-0.3, -0.25) is 0 Å². The number of nitrogens with one attached hydrogen (secondary N) is 1. The molecule has 0 aliphatic carbocycles. The van der Waals surface area contributed by atoms with E-state index in [9.17, 15) is 13.5 Å². The van der Waals surface area contributed by atoms with Gasteiger partial charge in [0.25, 0.3) is 0 Å². The lowest BCUT2D eigenvalue weighted by Gasteiger charge is -2.25. The number of aliphatic hydroxyl groups excluding tert-OH is 1. The lowest BCUT2D eigenvalue weighted by atomic mass is 9.97. The van der Waals surface area contributed by atoms with Crippen molar-refractivity contribution in [3.63, 3.8) is 0 Å². The molecule has 146 valence electrons. The van der Waals surface area contributed by atoms with E-state index in [0.29, 0.717) is 12.8 Å². The number of aryl methyl sites for hydroxylation is 2. The molecular formula is C23H25NO3S. The Bertz CT molecular complexity index is 971. The highest BCUT2D eigenvalue weighted by molar-refractivity contribution is 7.89. The third-order valence-electron chi connectivity index (χ3n) is 4.73. The van der Waals surface area contributed by atoms with Crippen LogP contribution in [0.4, 0.5) is 0 Å². The highest BCUT2D eigenvalue weighted by Crippen LogP contribution is 2.23. The molecule has 4 nitrogen and oxygen atoms in total. The molecule has 3 aromatic carbocycles. The molecule has 0 saturated carbocycles. The van der Waals surface area contributed by atoms with Crippen LogP contribution in [0.15, 0.2) is 89.8 Å². The largest absolute Gasteiger partial charge is 0.391 e. The zero-order valence-corrected chi connectivity index (χ0v) is 16.6. The number of rotatable bonds is 8. The summed E-state index contributed by atoms with van der Waals surface area (Å²) < 4.78 is 28.5. The minimum atomic E-state index is -3.76. The highest BCUT2D eigenvalue weighted by atomic mass is 32.2. The van der Waals surface area contributed by atoms with E-state index < -0.39 is 22.2 Å². The summed E-state index contributed by atoms with van der Waals surface area (Å²) in [6.07, 6.45) is 0.250. The molecule has 0 spiro atoms. The molecule has 3 rings (SSSR count). The fourth-order valence-corrected chi connectivity index (χ4v) is 4.37. The Balaban J connectivity index is 1.81. The molecule has 0 aromatic heterocycles. The standard InChI is InChI=1S/C23H25NO3S/c1-18-12-15-21(16-13-18)28(26,27)24-23(20-10-6-3-7-11-20)22(25)17-14-19-8-4-2-5-9-19/h2-13,15-16,22-25H,14,17H2,1H3/t22-,23-/m1/s1. The highest BCUT2D eigenvalue weighted by Gasteiger charge is 2.27. The SMILES string of the molecule is Cc1ccc(S(=O)(=O)N[C@H](c2ccccc2)[C@H](O)CCc2ccccc2)cc1. The van der Waals surface area contributed by atoms with Crippen LogP contribution in [0, 0.1) is 6.92 Å². The molecule has 0 aliphatic rings. The fraction of sp³-hybridized carbons (Fsp3) is 0.217. The average Bonchev–Trinajstić information content (AvgIpc) is 2.72. The van der Waals surface area contributed by atoms with Gasteiger partial charge in [-0.25, -0.2) is 13.1 Å². The predicted octanol–water partition coefficient (Wildman–Crippen LogP) is 4.01. The van der Waals surface area contributed by atoms with Gasteiger partial charge < -0.3 is 5.11 Å². The summed E-state index contributed by atoms with van der Waals surface area (Å²) >= 11 is 0. The van der Waals surface area contributed by atoms with Crippen molar-refractivity contribution in [2.45, 2.75) is 36.8 Å². The maximum absolute atomic E-state index is 12.9. The van der Waals surface area contributed by atoms with Crippen LogP contribution in [-0.4, -0.2) is 19.6 Å². The minimum absolute atomic E-state index is 0.189. The second-order valence-corrected chi connectivity index (χ2v) is 8.63. The quantitative estimate of drug-likeness (QED) is 0.606. The third-order valence-corrected chi connectivity index (χ3v) is 6.19. The van der Waals surface area contributed by atoms with E-state index >= 15 is 0 Å². The van der Waals surface area contributed by atoms with Crippen molar-refractivity contribution >= 4 is 10.0 Å². The van der Waals surface area contributed by atoms with Gasteiger partial charge in [0.05, 0.1) is 17.0 Å². The Morgan fingerprint density at radius 1 is 0.857 bits per heavy atom. The van der Waals surface area contributed by atoms with Gasteiger partial charge in [-0.05, 0) is 43.0 Å². The normalized spacial score (nSPS) is 13.8. The zero-order chi connectivity index (χ0) is 20.0. The zero-order valence-electron chi connectivity index (χ0n) is 15.8. The lowest BCUT2D eigenvalue weighted by molar-refractivity contribution is 0.128. The molecule has 5 heteroatoms. The summed E-state index contributed by atoms with van der Waals surface area (Å²) in [5, 5.41) is 10.9. The average molecular weight is 396 g/mol. The van der Waals surface area contributed by atoms with Gasteiger partial charge in [0.15, 0.2) is 0 Å². The van der Waals surface area contributed by atoms with Crippen LogP contribution in [0.3, 0.4) is 0 Å². The number of benzene rings is 3.